The van der Waals surface area contributed by atoms with E-state index in [1.807, 2.05) is 48.5 Å². The van der Waals surface area contributed by atoms with Crippen LogP contribution in [-0.4, -0.2) is 44.3 Å². The minimum atomic E-state index is -3.74. The number of thiazole rings is 1. The third-order valence-corrected chi connectivity index (χ3v) is 9.03. The summed E-state index contributed by atoms with van der Waals surface area (Å²) < 4.78 is 33.0. The summed E-state index contributed by atoms with van der Waals surface area (Å²) in [4.78, 5) is 19.5. The average molecular weight is 488 g/mol. The van der Waals surface area contributed by atoms with E-state index in [1.54, 1.807) is 18.6 Å². The molecule has 0 aliphatic rings. The number of methoxy groups -OCH3 is 1. The molecule has 0 spiro atoms. The number of rotatable bonds is 8. The van der Waals surface area contributed by atoms with Crippen LogP contribution < -0.4 is 9.64 Å². The van der Waals surface area contributed by atoms with Gasteiger partial charge in [0.05, 0.1) is 30.4 Å². The van der Waals surface area contributed by atoms with Gasteiger partial charge in [-0.25, -0.2) is 13.4 Å². The molecule has 32 heavy (non-hydrogen) atoms. The number of likely N-dealkylation sites (N-methyl/N-ethyl adjacent to an activating group) is 1. The molecule has 0 bridgehead atoms. The molecule has 2 heterocycles. The summed E-state index contributed by atoms with van der Waals surface area (Å²) in [5.74, 6) is 0.345. The third-order valence-electron chi connectivity index (χ3n) is 4.82. The van der Waals surface area contributed by atoms with Crippen LogP contribution in [0.4, 0.5) is 5.13 Å². The normalized spacial score (nSPS) is 11.7. The fraction of sp³-hybridized carbons (Fsp3) is 0.182. The van der Waals surface area contributed by atoms with E-state index >= 15 is 0 Å². The standard InChI is InChI=1S/C22H21N3O4S3/c1-24(32(27,28)21-9-6-12-30-21)15-20(26)25(14-16-7-4-3-5-8-16)22-23-18-11-10-17(29-2)13-19(18)31-22/h3-13H,14-15H2,1-2H3. The maximum absolute atomic E-state index is 13.3. The number of fused-ring (bicyclic) bond motifs is 1. The van der Waals surface area contributed by atoms with Crippen molar-refractivity contribution in [1.29, 1.82) is 0 Å². The molecule has 4 aromatic rings. The third kappa shape index (κ3) is 4.68. The Balaban J connectivity index is 1.65. The molecule has 0 N–H and O–H groups in total. The van der Waals surface area contributed by atoms with Gasteiger partial charge in [0, 0.05) is 7.05 Å². The van der Waals surface area contributed by atoms with Crippen LogP contribution in [0.3, 0.4) is 0 Å². The van der Waals surface area contributed by atoms with Crippen LogP contribution >= 0.6 is 22.7 Å². The molecule has 0 aliphatic carbocycles. The van der Waals surface area contributed by atoms with Crippen LogP contribution in [-0.2, 0) is 21.4 Å². The molecule has 0 radical (unpaired) electrons. The summed E-state index contributed by atoms with van der Waals surface area (Å²) in [6.07, 6.45) is 0. The van der Waals surface area contributed by atoms with Gasteiger partial charge in [-0.1, -0.05) is 47.7 Å². The number of hydrogen-bond acceptors (Lipinski definition) is 7. The summed E-state index contributed by atoms with van der Waals surface area (Å²) >= 11 is 2.49. The highest BCUT2D eigenvalue weighted by Gasteiger charge is 2.28. The van der Waals surface area contributed by atoms with Crippen LogP contribution in [0, 0.1) is 0 Å². The van der Waals surface area contributed by atoms with Crippen LogP contribution in [0.1, 0.15) is 5.56 Å². The van der Waals surface area contributed by atoms with E-state index in [0.29, 0.717) is 10.9 Å². The predicted molar refractivity (Wildman–Crippen MR) is 128 cm³/mol. The first-order chi connectivity index (χ1) is 15.4. The summed E-state index contributed by atoms with van der Waals surface area (Å²) in [6.45, 7) is -0.0180. The molecule has 0 saturated heterocycles. The number of benzene rings is 2. The Kier molecular flexibility index (Phi) is 6.56. The number of nitrogens with zero attached hydrogens (tertiary/aromatic N) is 3. The maximum Gasteiger partial charge on any atom is 0.252 e. The number of ether oxygens (including phenoxy) is 1. The zero-order valence-electron chi connectivity index (χ0n) is 17.5. The van der Waals surface area contributed by atoms with Gasteiger partial charge in [0.1, 0.15) is 9.96 Å². The lowest BCUT2D eigenvalue weighted by Gasteiger charge is -2.23. The molecule has 2 aromatic heterocycles. The predicted octanol–water partition coefficient (Wildman–Crippen LogP) is 4.22. The molecule has 10 heteroatoms. The number of carbonyl (C=O) groups is 1. The minimum absolute atomic E-state index is 0.203. The lowest BCUT2D eigenvalue weighted by atomic mass is 10.2. The molecular weight excluding hydrogens is 466 g/mol. The Bertz CT molecular complexity index is 1320. The monoisotopic (exact) mass is 487 g/mol. The highest BCUT2D eigenvalue weighted by molar-refractivity contribution is 7.91. The molecule has 2 aromatic carbocycles. The van der Waals surface area contributed by atoms with Crippen molar-refractivity contribution in [2.75, 3.05) is 25.6 Å². The minimum Gasteiger partial charge on any atom is -0.497 e. The Hall–Kier alpha value is -2.79. The number of carbonyl (C=O) groups excluding carboxylic acids is 1. The first-order valence-corrected chi connectivity index (χ1v) is 12.8. The molecule has 0 atom stereocenters. The molecule has 1 amide bonds. The van der Waals surface area contributed by atoms with Gasteiger partial charge in [0.25, 0.3) is 10.0 Å². The summed E-state index contributed by atoms with van der Waals surface area (Å²) in [7, 11) is -0.733. The number of sulfonamides is 1. The van der Waals surface area contributed by atoms with Crippen molar-refractivity contribution >= 4 is 54.0 Å². The van der Waals surface area contributed by atoms with E-state index in [2.05, 4.69) is 4.98 Å². The highest BCUT2D eigenvalue weighted by Crippen LogP contribution is 2.32. The molecule has 166 valence electrons. The zero-order valence-corrected chi connectivity index (χ0v) is 19.9. The number of amides is 1. The molecule has 7 nitrogen and oxygen atoms in total. The Labute approximate surface area is 194 Å². The molecule has 0 unspecified atom stereocenters. The zero-order chi connectivity index (χ0) is 22.7. The SMILES string of the molecule is COc1ccc2nc(N(Cc3ccccc3)C(=O)CN(C)S(=O)(=O)c3cccs3)sc2c1. The number of anilines is 1. The Morgan fingerprint density at radius 2 is 1.88 bits per heavy atom. The van der Waals surface area contributed by atoms with E-state index in [1.165, 1.54) is 29.4 Å². The highest BCUT2D eigenvalue weighted by atomic mass is 32.2. The molecule has 0 aliphatic heterocycles. The first kappa shape index (κ1) is 22.4. The number of hydrogen-bond donors (Lipinski definition) is 0. The van der Waals surface area contributed by atoms with Crippen molar-refractivity contribution < 1.29 is 17.9 Å². The molecule has 4 rings (SSSR count). The van der Waals surface area contributed by atoms with Gasteiger partial charge in [-0.3, -0.25) is 9.69 Å². The second-order valence-electron chi connectivity index (χ2n) is 6.99. The summed E-state index contributed by atoms with van der Waals surface area (Å²) in [5, 5.41) is 2.20. The van der Waals surface area contributed by atoms with Crippen molar-refractivity contribution in [3.63, 3.8) is 0 Å². The van der Waals surface area contributed by atoms with Gasteiger partial charge in [-0.05, 0) is 35.2 Å². The van der Waals surface area contributed by atoms with Crippen molar-refractivity contribution in [3.8, 4) is 5.75 Å². The first-order valence-electron chi connectivity index (χ1n) is 9.67. The van der Waals surface area contributed by atoms with Gasteiger partial charge in [0.2, 0.25) is 5.91 Å². The second-order valence-corrected chi connectivity index (χ2v) is 11.2. The van der Waals surface area contributed by atoms with Gasteiger partial charge in [-0.2, -0.15) is 4.31 Å². The van der Waals surface area contributed by atoms with Gasteiger partial charge < -0.3 is 4.74 Å². The van der Waals surface area contributed by atoms with E-state index in [0.717, 1.165) is 31.4 Å². The fourth-order valence-corrected chi connectivity index (χ4v) is 6.42. The lowest BCUT2D eigenvalue weighted by Crippen LogP contribution is -2.40. The molecular formula is C22H21N3O4S3. The number of aromatic nitrogens is 1. The average Bonchev–Trinajstić information content (AvgIpc) is 3.47. The maximum atomic E-state index is 13.3. The number of thiophene rings is 1. The topological polar surface area (TPSA) is 79.8 Å². The Morgan fingerprint density at radius 1 is 1.09 bits per heavy atom. The second kappa shape index (κ2) is 9.37. The quantitative estimate of drug-likeness (QED) is 0.372. The van der Waals surface area contributed by atoms with Crippen LogP contribution in [0.25, 0.3) is 10.2 Å². The van der Waals surface area contributed by atoms with Crippen LogP contribution in [0.2, 0.25) is 0 Å². The summed E-state index contributed by atoms with van der Waals surface area (Å²) in [5.41, 5.74) is 1.66. The smallest absolute Gasteiger partial charge is 0.252 e. The van der Waals surface area contributed by atoms with E-state index in [9.17, 15) is 13.2 Å². The van der Waals surface area contributed by atoms with Gasteiger partial charge in [0.15, 0.2) is 5.13 Å². The van der Waals surface area contributed by atoms with E-state index in [4.69, 9.17) is 4.74 Å². The van der Waals surface area contributed by atoms with Crippen molar-refractivity contribution in [2.24, 2.45) is 0 Å². The van der Waals surface area contributed by atoms with Crippen molar-refractivity contribution in [3.05, 3.63) is 71.6 Å². The van der Waals surface area contributed by atoms with Crippen molar-refractivity contribution in [1.82, 2.24) is 9.29 Å². The largest absolute Gasteiger partial charge is 0.497 e. The Morgan fingerprint density at radius 3 is 2.56 bits per heavy atom. The summed E-state index contributed by atoms with van der Waals surface area (Å²) in [6, 6.07) is 18.3. The van der Waals surface area contributed by atoms with Gasteiger partial charge in [-0.15, -0.1) is 11.3 Å². The van der Waals surface area contributed by atoms with Gasteiger partial charge >= 0.3 is 0 Å². The van der Waals surface area contributed by atoms with E-state index < -0.39 is 10.0 Å². The molecule has 0 saturated carbocycles. The van der Waals surface area contributed by atoms with Crippen molar-refractivity contribution in [2.45, 2.75) is 10.8 Å². The molecule has 0 fully saturated rings. The van der Waals surface area contributed by atoms with Crippen LogP contribution in [0.5, 0.6) is 5.75 Å². The fourth-order valence-electron chi connectivity index (χ4n) is 3.09. The lowest BCUT2D eigenvalue weighted by molar-refractivity contribution is -0.118. The van der Waals surface area contributed by atoms with Crippen LogP contribution in [0.15, 0.2) is 70.3 Å². The van der Waals surface area contributed by atoms with E-state index in [-0.39, 0.29) is 23.2 Å².